The van der Waals surface area contributed by atoms with Gasteiger partial charge < -0.3 is 9.73 Å². The minimum Gasteiger partial charge on any atom is -0.386 e. The van der Waals surface area contributed by atoms with E-state index in [4.69, 9.17) is 4.42 Å². The number of hydrogen-bond acceptors (Lipinski definition) is 5. The van der Waals surface area contributed by atoms with Gasteiger partial charge in [-0.05, 0) is 48.4 Å². The third kappa shape index (κ3) is 4.18. The maximum Gasteiger partial charge on any atom is 0.437 e. The first-order chi connectivity index (χ1) is 15.4. The summed E-state index contributed by atoms with van der Waals surface area (Å²) in [7, 11) is 1.49. The fraction of sp³-hybridized carbons (Fsp3) is 0.130. The van der Waals surface area contributed by atoms with Gasteiger partial charge in [-0.3, -0.25) is 4.79 Å². The largest absolute Gasteiger partial charge is 0.437 e. The van der Waals surface area contributed by atoms with Gasteiger partial charge in [0.2, 0.25) is 0 Å². The van der Waals surface area contributed by atoms with E-state index in [-0.39, 0.29) is 5.89 Å². The molecular weight excluding hydrogens is 418 g/mol. The predicted octanol–water partition coefficient (Wildman–Crippen LogP) is 4.20. The van der Waals surface area contributed by atoms with Gasteiger partial charge in [0, 0.05) is 18.3 Å². The zero-order chi connectivity index (χ0) is 22.8. The maximum atomic E-state index is 13.8. The minimum atomic E-state index is -0.937. The van der Waals surface area contributed by atoms with E-state index >= 15 is 0 Å². The summed E-state index contributed by atoms with van der Waals surface area (Å²) in [6.07, 6.45) is 0.724. The number of carbonyl (C=O) groups excluding carboxylic acids is 1. The number of benzene rings is 2. The number of anilines is 1. The zero-order valence-corrected chi connectivity index (χ0v) is 17.2. The lowest BCUT2D eigenvalue weighted by Crippen LogP contribution is -2.15. The van der Waals surface area contributed by atoms with Gasteiger partial charge in [0.1, 0.15) is 22.9 Å². The Morgan fingerprint density at radius 1 is 1.06 bits per heavy atom. The predicted molar refractivity (Wildman–Crippen MR) is 114 cm³/mol. The summed E-state index contributed by atoms with van der Waals surface area (Å²) in [5.74, 6) is -3.23. The van der Waals surface area contributed by atoms with Crippen LogP contribution in [0.5, 0.6) is 0 Å². The monoisotopic (exact) mass is 436 g/mol. The lowest BCUT2D eigenvalue weighted by atomic mass is 10.1. The molecule has 0 spiro atoms. The summed E-state index contributed by atoms with van der Waals surface area (Å²) in [4.78, 5) is 28.4. The molecule has 0 saturated heterocycles. The highest BCUT2D eigenvalue weighted by Gasteiger charge is 2.17. The van der Waals surface area contributed by atoms with Gasteiger partial charge in [-0.15, -0.1) is 5.10 Å². The number of nitrogens with zero attached hydrogens (tertiary/aromatic N) is 3. The molecule has 0 radical (unpaired) electrons. The van der Waals surface area contributed by atoms with Crippen LogP contribution in [-0.2, 0) is 13.5 Å². The van der Waals surface area contributed by atoms with Crippen LogP contribution in [-0.4, -0.2) is 20.7 Å². The maximum absolute atomic E-state index is 13.8. The summed E-state index contributed by atoms with van der Waals surface area (Å²) in [6, 6.07) is 13.6. The fourth-order valence-corrected chi connectivity index (χ4v) is 3.13. The van der Waals surface area contributed by atoms with Crippen LogP contribution in [0.15, 0.2) is 63.8 Å². The number of hydrogen-bond donors (Lipinski definition) is 1. The molecule has 0 aliphatic rings. The second kappa shape index (κ2) is 8.54. The van der Waals surface area contributed by atoms with Crippen LogP contribution in [0.25, 0.3) is 22.8 Å². The van der Waals surface area contributed by atoms with Crippen LogP contribution < -0.4 is 11.1 Å². The van der Waals surface area contributed by atoms with E-state index in [0.29, 0.717) is 17.1 Å². The second-order valence-corrected chi connectivity index (χ2v) is 7.02. The number of nitrogens with one attached hydrogen (secondary N) is 1. The first-order valence-corrected chi connectivity index (χ1v) is 9.77. The number of amides is 1. The Balaban J connectivity index is 1.62. The van der Waals surface area contributed by atoms with Crippen molar-refractivity contribution >= 4 is 11.6 Å². The van der Waals surface area contributed by atoms with Crippen LogP contribution >= 0.6 is 0 Å². The van der Waals surface area contributed by atoms with Crippen molar-refractivity contribution in [2.24, 2.45) is 7.05 Å². The molecule has 2 aromatic carbocycles. The molecule has 162 valence electrons. The summed E-state index contributed by atoms with van der Waals surface area (Å²) in [5, 5.41) is 6.53. The van der Waals surface area contributed by atoms with Gasteiger partial charge in [-0.2, -0.15) is 4.68 Å². The van der Waals surface area contributed by atoms with E-state index in [2.05, 4.69) is 15.4 Å². The summed E-state index contributed by atoms with van der Waals surface area (Å²) in [6.45, 7) is 1.98. The number of aryl methyl sites for hydroxylation is 2. The van der Waals surface area contributed by atoms with Gasteiger partial charge in [-0.25, -0.2) is 18.6 Å². The van der Waals surface area contributed by atoms with Crippen LogP contribution in [0, 0.1) is 11.6 Å². The Hall–Kier alpha value is -4.14. The Labute approximate surface area is 181 Å². The number of carbonyl (C=O) groups is 1. The number of pyridine rings is 1. The smallest absolute Gasteiger partial charge is 0.386 e. The molecule has 9 heteroatoms. The van der Waals surface area contributed by atoms with E-state index in [9.17, 15) is 18.4 Å². The van der Waals surface area contributed by atoms with E-state index in [0.717, 1.165) is 34.4 Å². The molecular formula is C23H18F2N4O3. The Bertz CT molecular complexity index is 1340. The SMILES string of the molecule is CCc1cc(-c2ccc(NC(=O)c3c(F)cccc3F)cc2)nc(-c2nn(C)c(=O)o2)c1. The number of rotatable bonds is 5. The van der Waals surface area contributed by atoms with Crippen molar-refractivity contribution in [2.75, 3.05) is 5.32 Å². The third-order valence-electron chi connectivity index (χ3n) is 4.83. The molecule has 0 aliphatic heterocycles. The van der Waals surface area contributed by atoms with Crippen LogP contribution in [0.2, 0.25) is 0 Å². The fourth-order valence-electron chi connectivity index (χ4n) is 3.13. The van der Waals surface area contributed by atoms with Crippen molar-refractivity contribution in [1.29, 1.82) is 0 Å². The van der Waals surface area contributed by atoms with E-state index in [1.807, 2.05) is 13.0 Å². The van der Waals surface area contributed by atoms with Crippen LogP contribution in [0.1, 0.15) is 22.8 Å². The standard InChI is InChI=1S/C23H18F2N4O3/c1-3-13-11-18(27-19(12-13)22-28-29(2)23(31)32-22)14-7-9-15(10-8-14)26-21(30)20-16(24)5-4-6-17(20)25/h4-12H,3H2,1-2H3,(H,26,30). The van der Waals surface area contributed by atoms with Gasteiger partial charge >= 0.3 is 5.76 Å². The normalized spacial score (nSPS) is 10.9. The molecule has 2 heterocycles. The Morgan fingerprint density at radius 2 is 1.72 bits per heavy atom. The van der Waals surface area contributed by atoms with Crippen molar-refractivity contribution in [2.45, 2.75) is 13.3 Å². The topological polar surface area (TPSA) is 90.0 Å². The first kappa shape index (κ1) is 21.1. The van der Waals surface area contributed by atoms with Crippen LogP contribution in [0.4, 0.5) is 14.5 Å². The number of aromatic nitrogens is 3. The summed E-state index contributed by atoms with van der Waals surface area (Å²) >= 11 is 0. The molecule has 0 bridgehead atoms. The molecule has 0 aliphatic carbocycles. The van der Waals surface area contributed by atoms with Gasteiger partial charge in [-0.1, -0.05) is 25.1 Å². The summed E-state index contributed by atoms with van der Waals surface area (Å²) < 4.78 is 33.9. The van der Waals surface area contributed by atoms with Gasteiger partial charge in [0.15, 0.2) is 0 Å². The minimum absolute atomic E-state index is 0.116. The van der Waals surface area contributed by atoms with Crippen molar-refractivity contribution in [3.63, 3.8) is 0 Å². The molecule has 0 atom stereocenters. The number of halogens is 2. The molecule has 0 fully saturated rings. The highest BCUT2D eigenvalue weighted by atomic mass is 19.1. The van der Waals surface area contributed by atoms with E-state index < -0.39 is 28.9 Å². The third-order valence-corrected chi connectivity index (χ3v) is 4.83. The average Bonchev–Trinajstić information content (AvgIpc) is 3.12. The molecule has 4 rings (SSSR count). The lowest BCUT2D eigenvalue weighted by molar-refractivity contribution is 0.101. The van der Waals surface area contributed by atoms with Crippen molar-refractivity contribution in [1.82, 2.24) is 14.8 Å². The zero-order valence-electron chi connectivity index (χ0n) is 17.2. The lowest BCUT2D eigenvalue weighted by Gasteiger charge is -2.09. The molecule has 7 nitrogen and oxygen atoms in total. The first-order valence-electron chi connectivity index (χ1n) is 9.77. The molecule has 4 aromatic rings. The molecule has 0 unspecified atom stereocenters. The summed E-state index contributed by atoms with van der Waals surface area (Å²) in [5.41, 5.74) is 2.45. The van der Waals surface area contributed by atoms with E-state index in [1.165, 1.54) is 13.1 Å². The quantitative estimate of drug-likeness (QED) is 0.507. The molecule has 1 amide bonds. The van der Waals surface area contributed by atoms with Crippen molar-refractivity contribution < 1.29 is 18.0 Å². The average molecular weight is 436 g/mol. The van der Waals surface area contributed by atoms with Crippen molar-refractivity contribution in [3.8, 4) is 22.8 Å². The Morgan fingerprint density at radius 3 is 2.31 bits per heavy atom. The van der Waals surface area contributed by atoms with Crippen LogP contribution in [0.3, 0.4) is 0 Å². The van der Waals surface area contributed by atoms with Crippen molar-refractivity contribution in [3.05, 3.63) is 87.9 Å². The highest BCUT2D eigenvalue weighted by molar-refractivity contribution is 6.04. The molecule has 2 aromatic heterocycles. The van der Waals surface area contributed by atoms with Gasteiger partial charge in [0.25, 0.3) is 11.8 Å². The molecule has 0 saturated carbocycles. The van der Waals surface area contributed by atoms with E-state index in [1.54, 1.807) is 30.3 Å². The molecule has 32 heavy (non-hydrogen) atoms. The Kier molecular flexibility index (Phi) is 5.63. The second-order valence-electron chi connectivity index (χ2n) is 7.02. The molecule has 1 N–H and O–H groups in total. The van der Waals surface area contributed by atoms with Gasteiger partial charge in [0.05, 0.1) is 5.69 Å². The highest BCUT2D eigenvalue weighted by Crippen LogP contribution is 2.25.